The van der Waals surface area contributed by atoms with E-state index in [1.165, 1.54) is 23.1 Å². The summed E-state index contributed by atoms with van der Waals surface area (Å²) in [6.07, 6.45) is 1.65. The summed E-state index contributed by atoms with van der Waals surface area (Å²) in [6, 6.07) is 5.58. The molecule has 1 N–H and O–H groups in total. The molecule has 0 aliphatic carbocycles. The lowest BCUT2D eigenvalue weighted by molar-refractivity contribution is -0.113. The summed E-state index contributed by atoms with van der Waals surface area (Å²) in [5, 5.41) is 11.4. The van der Waals surface area contributed by atoms with Gasteiger partial charge in [-0.2, -0.15) is 0 Å². The van der Waals surface area contributed by atoms with Gasteiger partial charge in [0, 0.05) is 28.4 Å². The van der Waals surface area contributed by atoms with Crippen molar-refractivity contribution >= 4 is 56.4 Å². The molecule has 10 heteroatoms. The first-order valence-corrected chi connectivity index (χ1v) is 11.3. The first-order chi connectivity index (χ1) is 14.1. The topological polar surface area (TPSA) is 90.0 Å². The van der Waals surface area contributed by atoms with Crippen LogP contribution in [0.5, 0.6) is 0 Å². The lowest BCUT2D eigenvalue weighted by Gasteiger charge is -2.10. The number of hydrogen-bond donors (Lipinski definition) is 1. The highest BCUT2D eigenvalue weighted by Crippen LogP contribution is 2.34. The number of hydrogen-bond acceptors (Lipinski definition) is 8. The van der Waals surface area contributed by atoms with Gasteiger partial charge in [-0.3, -0.25) is 19.5 Å². The first kappa shape index (κ1) is 19.6. The Bertz CT molecular complexity index is 1240. The van der Waals surface area contributed by atoms with Gasteiger partial charge in [0.25, 0.3) is 5.56 Å². The van der Waals surface area contributed by atoms with Crippen LogP contribution in [-0.4, -0.2) is 26.4 Å². The fraction of sp³-hybridized carbons (Fsp3) is 0.158. The minimum absolute atomic E-state index is 0.0813. The fourth-order valence-corrected chi connectivity index (χ4v) is 5.36. The molecule has 0 unspecified atom stereocenters. The molecule has 4 aromatic rings. The molecule has 0 aliphatic rings. The van der Waals surface area contributed by atoms with E-state index in [1.807, 2.05) is 22.9 Å². The summed E-state index contributed by atoms with van der Waals surface area (Å²) in [5.74, 6) is 0.104. The van der Waals surface area contributed by atoms with Gasteiger partial charge in [0.2, 0.25) is 11.8 Å². The summed E-state index contributed by atoms with van der Waals surface area (Å²) >= 11 is 4.21. The SMILES string of the molecule is C=CCn1c(SCC(=O)Nc2cc(C)no2)nc2scc(-c3cccs3)c2c1=O. The van der Waals surface area contributed by atoms with Gasteiger partial charge < -0.3 is 4.52 Å². The lowest BCUT2D eigenvalue weighted by Crippen LogP contribution is -2.23. The fourth-order valence-electron chi connectivity index (χ4n) is 2.75. The third kappa shape index (κ3) is 4.04. The summed E-state index contributed by atoms with van der Waals surface area (Å²) < 4.78 is 6.54. The predicted molar refractivity (Wildman–Crippen MR) is 118 cm³/mol. The average Bonchev–Trinajstić information content (AvgIpc) is 3.43. The van der Waals surface area contributed by atoms with Gasteiger partial charge in [-0.1, -0.05) is 29.1 Å². The van der Waals surface area contributed by atoms with Crippen LogP contribution in [0.15, 0.2) is 56.1 Å². The van der Waals surface area contributed by atoms with Crippen LogP contribution < -0.4 is 10.9 Å². The maximum absolute atomic E-state index is 13.2. The Hall–Kier alpha value is -2.69. The van der Waals surface area contributed by atoms with Gasteiger partial charge in [-0.05, 0) is 18.4 Å². The van der Waals surface area contributed by atoms with Crippen molar-refractivity contribution in [2.75, 3.05) is 11.1 Å². The molecule has 0 saturated heterocycles. The van der Waals surface area contributed by atoms with Gasteiger partial charge in [-0.25, -0.2) is 4.98 Å². The molecule has 29 heavy (non-hydrogen) atoms. The Labute approximate surface area is 178 Å². The van der Waals surface area contributed by atoms with Crippen molar-refractivity contribution in [2.45, 2.75) is 18.6 Å². The largest absolute Gasteiger partial charge is 0.338 e. The van der Waals surface area contributed by atoms with Crippen LogP contribution in [0.25, 0.3) is 20.7 Å². The maximum atomic E-state index is 13.2. The smallest absolute Gasteiger partial charge is 0.263 e. The molecular weight excluding hydrogens is 428 g/mol. The van der Waals surface area contributed by atoms with Gasteiger partial charge in [0.15, 0.2) is 5.16 Å². The van der Waals surface area contributed by atoms with Crippen molar-refractivity contribution in [3.05, 3.63) is 57.7 Å². The number of aryl methyl sites for hydroxylation is 1. The first-order valence-electron chi connectivity index (χ1n) is 8.59. The minimum atomic E-state index is -0.267. The lowest BCUT2D eigenvalue weighted by atomic mass is 10.2. The highest BCUT2D eigenvalue weighted by Gasteiger charge is 2.18. The molecule has 1 amide bonds. The van der Waals surface area contributed by atoms with Crippen LogP contribution >= 0.6 is 34.4 Å². The molecule has 0 aliphatic heterocycles. The molecule has 4 aromatic heterocycles. The van der Waals surface area contributed by atoms with Crippen molar-refractivity contribution in [2.24, 2.45) is 0 Å². The second-order valence-corrected chi connectivity index (χ2v) is 8.82. The van der Waals surface area contributed by atoms with Crippen molar-refractivity contribution in [3.8, 4) is 10.4 Å². The van der Waals surface area contributed by atoms with Gasteiger partial charge >= 0.3 is 0 Å². The third-order valence-corrected chi connectivity index (χ3v) is 6.73. The zero-order valence-corrected chi connectivity index (χ0v) is 17.8. The highest BCUT2D eigenvalue weighted by molar-refractivity contribution is 7.99. The van der Waals surface area contributed by atoms with Crippen molar-refractivity contribution in [1.82, 2.24) is 14.7 Å². The van der Waals surface area contributed by atoms with Crippen LogP contribution in [0.2, 0.25) is 0 Å². The Morgan fingerprint density at radius 3 is 3.00 bits per heavy atom. The number of carbonyl (C=O) groups is 1. The zero-order valence-electron chi connectivity index (χ0n) is 15.4. The predicted octanol–water partition coefficient (Wildman–Crippen LogP) is 4.40. The summed E-state index contributed by atoms with van der Waals surface area (Å²) in [5.41, 5.74) is 1.44. The standard InChI is InChI=1S/C19H16N4O3S3/c1-3-6-23-18(25)16-12(13-5-4-7-27-13)9-28-17(16)21-19(23)29-10-14(24)20-15-8-11(2)22-26-15/h3-5,7-9H,1,6,10H2,2H3,(H,20,24). The number of aromatic nitrogens is 3. The molecule has 0 fully saturated rings. The molecule has 0 atom stereocenters. The van der Waals surface area contributed by atoms with E-state index in [4.69, 9.17) is 4.52 Å². The van der Waals surface area contributed by atoms with Crippen LogP contribution in [-0.2, 0) is 11.3 Å². The van der Waals surface area contributed by atoms with E-state index in [0.717, 1.165) is 10.4 Å². The number of nitrogens with zero attached hydrogens (tertiary/aromatic N) is 3. The van der Waals surface area contributed by atoms with Crippen molar-refractivity contribution in [1.29, 1.82) is 0 Å². The molecule has 4 heterocycles. The average molecular weight is 445 g/mol. The molecule has 148 valence electrons. The van der Waals surface area contributed by atoms with Crippen molar-refractivity contribution < 1.29 is 9.32 Å². The molecule has 4 rings (SSSR count). The van der Waals surface area contributed by atoms with Crippen molar-refractivity contribution in [3.63, 3.8) is 0 Å². The van der Waals surface area contributed by atoms with Crippen LogP contribution in [0.4, 0.5) is 5.88 Å². The Morgan fingerprint density at radius 2 is 2.31 bits per heavy atom. The molecule has 7 nitrogen and oxygen atoms in total. The molecule has 0 radical (unpaired) electrons. The quantitative estimate of drug-likeness (QED) is 0.258. The van der Waals surface area contributed by atoms with E-state index in [1.54, 1.807) is 35.0 Å². The Morgan fingerprint density at radius 1 is 1.45 bits per heavy atom. The van der Waals surface area contributed by atoms with E-state index in [9.17, 15) is 9.59 Å². The molecule has 0 saturated carbocycles. The third-order valence-electron chi connectivity index (χ3n) is 3.98. The second kappa shape index (κ2) is 8.36. The number of thiophene rings is 2. The Balaban J connectivity index is 1.63. The second-order valence-electron chi connectivity index (χ2n) is 6.08. The maximum Gasteiger partial charge on any atom is 0.263 e. The van der Waals surface area contributed by atoms with Gasteiger partial charge in [0.05, 0.1) is 16.8 Å². The summed E-state index contributed by atoms with van der Waals surface area (Å²) in [6.45, 7) is 5.82. The van der Waals surface area contributed by atoms with Gasteiger partial charge in [-0.15, -0.1) is 29.3 Å². The Kier molecular flexibility index (Phi) is 5.65. The monoisotopic (exact) mass is 444 g/mol. The zero-order chi connectivity index (χ0) is 20.4. The number of anilines is 1. The number of allylic oxidation sites excluding steroid dienone is 1. The number of thioether (sulfide) groups is 1. The van der Waals surface area contributed by atoms with Gasteiger partial charge in [0.1, 0.15) is 4.83 Å². The summed E-state index contributed by atoms with van der Waals surface area (Å²) in [4.78, 5) is 31.8. The van der Waals surface area contributed by atoms with E-state index < -0.39 is 0 Å². The number of fused-ring (bicyclic) bond motifs is 1. The van der Waals surface area contributed by atoms with Crippen LogP contribution in [0, 0.1) is 6.92 Å². The highest BCUT2D eigenvalue weighted by atomic mass is 32.2. The van der Waals surface area contributed by atoms with E-state index in [-0.39, 0.29) is 17.2 Å². The number of nitrogens with one attached hydrogen (secondary N) is 1. The minimum Gasteiger partial charge on any atom is -0.338 e. The number of amides is 1. The molecular formula is C19H16N4O3S3. The normalized spacial score (nSPS) is 11.1. The van der Waals surface area contributed by atoms with E-state index >= 15 is 0 Å². The van der Waals surface area contributed by atoms with Crippen LogP contribution in [0.3, 0.4) is 0 Å². The van der Waals surface area contributed by atoms with Crippen LogP contribution in [0.1, 0.15) is 5.69 Å². The molecule has 0 spiro atoms. The molecule has 0 bridgehead atoms. The van der Waals surface area contributed by atoms with E-state index in [0.29, 0.717) is 33.5 Å². The number of rotatable bonds is 7. The number of carbonyl (C=O) groups excluding carboxylic acids is 1. The molecule has 0 aromatic carbocycles. The van der Waals surface area contributed by atoms with E-state index in [2.05, 4.69) is 22.0 Å². The summed E-state index contributed by atoms with van der Waals surface area (Å²) in [7, 11) is 0.